The maximum atomic E-state index is 13.7. The highest BCUT2D eigenvalue weighted by atomic mass is 35.5. The van der Waals surface area contributed by atoms with Crippen molar-refractivity contribution >= 4 is 40.7 Å². The number of Topliss-reactive ketones (excluding diaryl/α,β-unsaturated/α-hetero) is 2. The molecule has 0 aliphatic heterocycles. The second kappa shape index (κ2) is 16.3. The molecule has 2 fully saturated rings. The Balaban J connectivity index is 0.000000201. The van der Waals surface area contributed by atoms with Crippen LogP contribution < -0.4 is 11.1 Å². The van der Waals surface area contributed by atoms with E-state index < -0.39 is 24.7 Å². The molecule has 2 aromatic carbocycles. The molecule has 51 heavy (non-hydrogen) atoms. The number of halogens is 6. The first-order valence-corrected chi connectivity index (χ1v) is 17.0. The summed E-state index contributed by atoms with van der Waals surface area (Å²) in [4.78, 5) is 51.2. The molecule has 6 rings (SSSR count). The Morgan fingerprint density at radius 2 is 1.14 bits per heavy atom. The average Bonchev–Trinajstić information content (AvgIpc) is 3.09. The van der Waals surface area contributed by atoms with Gasteiger partial charge in [0.1, 0.15) is 23.3 Å². The fourth-order valence-corrected chi connectivity index (χ4v) is 6.98. The summed E-state index contributed by atoms with van der Waals surface area (Å²) in [7, 11) is 0. The van der Waals surface area contributed by atoms with E-state index in [1.165, 1.54) is 55.1 Å². The van der Waals surface area contributed by atoms with Gasteiger partial charge in [0.05, 0.1) is 24.2 Å². The lowest BCUT2D eigenvalue weighted by Gasteiger charge is -2.42. The van der Waals surface area contributed by atoms with Crippen LogP contribution in [0.3, 0.4) is 0 Å². The number of alkyl halides is 2. The third kappa shape index (κ3) is 8.95. The number of amides is 1. The van der Waals surface area contributed by atoms with Crippen LogP contribution in [0.4, 0.5) is 17.6 Å². The van der Waals surface area contributed by atoms with E-state index in [1.807, 2.05) is 5.32 Å². The van der Waals surface area contributed by atoms with E-state index in [0.29, 0.717) is 40.1 Å². The van der Waals surface area contributed by atoms with Gasteiger partial charge in [-0.2, -0.15) is 8.78 Å². The molecule has 0 atom stereocenters. The van der Waals surface area contributed by atoms with E-state index in [1.54, 1.807) is 6.07 Å². The summed E-state index contributed by atoms with van der Waals surface area (Å²) < 4.78 is 51.6. The lowest BCUT2D eigenvalue weighted by molar-refractivity contribution is -0.131. The first-order chi connectivity index (χ1) is 24.3. The first kappa shape index (κ1) is 37.9. The summed E-state index contributed by atoms with van der Waals surface area (Å²) in [5, 5.41) is 2.90. The largest absolute Gasteiger partial charge is 0.344 e. The van der Waals surface area contributed by atoms with Crippen molar-refractivity contribution in [2.45, 2.75) is 68.6 Å². The minimum absolute atomic E-state index is 0.0639. The molecule has 0 saturated heterocycles. The van der Waals surface area contributed by atoms with Crippen molar-refractivity contribution in [2.24, 2.45) is 5.73 Å². The van der Waals surface area contributed by atoms with Crippen LogP contribution in [0.15, 0.2) is 61.2 Å². The molecule has 4 aromatic rings. The van der Waals surface area contributed by atoms with E-state index in [-0.39, 0.29) is 40.4 Å². The minimum atomic E-state index is -3.18. The lowest BCUT2D eigenvalue weighted by atomic mass is 9.62. The van der Waals surface area contributed by atoms with Crippen LogP contribution in [0.25, 0.3) is 0 Å². The highest BCUT2D eigenvalue weighted by molar-refractivity contribution is 6.31. The molecule has 9 nitrogen and oxygen atoms in total. The quantitative estimate of drug-likeness (QED) is 0.123. The second-order valence-electron chi connectivity index (χ2n) is 12.7. The van der Waals surface area contributed by atoms with Gasteiger partial charge in [0.25, 0.3) is 5.91 Å². The van der Waals surface area contributed by atoms with Crippen molar-refractivity contribution in [3.05, 3.63) is 117 Å². The Bertz CT molecular complexity index is 1890. The molecule has 2 aliphatic rings. The molecular formula is C36H34Cl2F4N6O3. The van der Waals surface area contributed by atoms with Gasteiger partial charge >= 0.3 is 6.43 Å². The van der Waals surface area contributed by atoms with Crippen LogP contribution in [0.2, 0.25) is 10.0 Å². The first-order valence-electron chi connectivity index (χ1n) is 16.2. The van der Waals surface area contributed by atoms with E-state index in [4.69, 9.17) is 28.9 Å². The molecular weight excluding hydrogens is 711 g/mol. The molecule has 15 heteroatoms. The molecule has 2 aromatic heterocycles. The number of nitrogens with two attached hydrogens (primary N) is 1. The molecule has 0 unspecified atom stereocenters. The zero-order valence-electron chi connectivity index (χ0n) is 27.3. The summed E-state index contributed by atoms with van der Waals surface area (Å²) in [6.07, 6.45) is 8.93. The van der Waals surface area contributed by atoms with Crippen molar-refractivity contribution in [2.75, 3.05) is 13.1 Å². The SMILES string of the molecule is NCC(=O)c1cnc(CC2(c3cc(F)ccc3Cl)CCC2)nc1.O=C(CNC(=O)C(F)F)c1cnc(CC2(c3cc(F)ccc3Cl)CCC2)nc1. The van der Waals surface area contributed by atoms with Crippen LogP contribution in [0, 0.1) is 11.6 Å². The van der Waals surface area contributed by atoms with Gasteiger partial charge in [-0.1, -0.05) is 36.0 Å². The van der Waals surface area contributed by atoms with E-state index in [0.717, 1.165) is 49.7 Å². The maximum Gasteiger partial charge on any atom is 0.315 e. The number of aromatic nitrogens is 4. The van der Waals surface area contributed by atoms with Crippen LogP contribution in [-0.2, 0) is 28.5 Å². The molecule has 0 bridgehead atoms. The number of carbonyl (C=O) groups is 3. The summed E-state index contributed by atoms with van der Waals surface area (Å²) in [6.45, 7) is -0.625. The summed E-state index contributed by atoms with van der Waals surface area (Å²) in [5.41, 5.74) is 6.80. The Kier molecular flexibility index (Phi) is 12.2. The fraction of sp³-hybridized carbons (Fsp3) is 0.361. The molecule has 268 valence electrons. The minimum Gasteiger partial charge on any atom is -0.344 e. The number of rotatable bonds is 12. The normalized spacial score (nSPS) is 15.5. The summed E-state index contributed by atoms with van der Waals surface area (Å²) in [6, 6.07) is 8.74. The summed E-state index contributed by atoms with van der Waals surface area (Å²) in [5.74, 6) is -1.84. The number of nitrogens with one attached hydrogen (secondary N) is 1. The number of benzene rings is 2. The lowest BCUT2D eigenvalue weighted by Crippen LogP contribution is -2.37. The average molecular weight is 746 g/mol. The number of nitrogens with zero attached hydrogens (tertiary/aromatic N) is 4. The smallest absolute Gasteiger partial charge is 0.315 e. The van der Waals surface area contributed by atoms with Crippen LogP contribution in [0.1, 0.15) is 82.0 Å². The number of hydrogen-bond acceptors (Lipinski definition) is 8. The van der Waals surface area contributed by atoms with Crippen molar-refractivity contribution in [3.63, 3.8) is 0 Å². The van der Waals surface area contributed by atoms with Gasteiger partial charge in [-0.25, -0.2) is 28.7 Å². The van der Waals surface area contributed by atoms with Gasteiger partial charge in [0, 0.05) is 58.5 Å². The molecule has 2 aliphatic carbocycles. The van der Waals surface area contributed by atoms with Crippen molar-refractivity contribution in [3.8, 4) is 0 Å². The monoisotopic (exact) mass is 744 g/mol. The third-order valence-corrected chi connectivity index (χ3v) is 10.1. The van der Waals surface area contributed by atoms with E-state index in [9.17, 15) is 31.9 Å². The van der Waals surface area contributed by atoms with Gasteiger partial charge in [-0.15, -0.1) is 0 Å². The van der Waals surface area contributed by atoms with Gasteiger partial charge in [-0.3, -0.25) is 14.4 Å². The topological polar surface area (TPSA) is 141 Å². The van der Waals surface area contributed by atoms with Crippen LogP contribution in [-0.4, -0.2) is 56.9 Å². The van der Waals surface area contributed by atoms with E-state index >= 15 is 0 Å². The Hall–Kier alpha value is -4.33. The van der Waals surface area contributed by atoms with Gasteiger partial charge < -0.3 is 11.1 Å². The van der Waals surface area contributed by atoms with E-state index in [2.05, 4.69) is 19.9 Å². The maximum absolute atomic E-state index is 13.7. The molecule has 3 N–H and O–H groups in total. The van der Waals surface area contributed by atoms with Gasteiger partial charge in [-0.05, 0) is 73.2 Å². The zero-order valence-corrected chi connectivity index (χ0v) is 28.8. The Labute approximate surface area is 301 Å². The van der Waals surface area contributed by atoms with Crippen LogP contribution >= 0.6 is 23.2 Å². The van der Waals surface area contributed by atoms with Crippen molar-refractivity contribution in [1.82, 2.24) is 25.3 Å². The predicted octanol–water partition coefficient (Wildman–Crippen LogP) is 6.57. The predicted molar refractivity (Wildman–Crippen MR) is 182 cm³/mol. The standard InChI is InChI=1S/C19H17ClF3N3O2.C17H17ClFN3O/c20-14-3-2-12(21)6-13(14)19(4-1-5-19)7-16-24-8-11(9-25-16)15(27)10-26-18(28)17(22)23;18-14-3-2-12(19)6-13(14)17(4-1-5-17)7-16-21-9-11(10-22-16)15(23)8-20/h2-3,6,8-9,17H,1,4-5,7,10H2,(H,26,28);2-3,6,9-10H,1,4-5,7-8,20H2. The highest BCUT2D eigenvalue weighted by Crippen LogP contribution is 2.49. The molecule has 1 amide bonds. The van der Waals surface area contributed by atoms with Crippen molar-refractivity contribution < 1.29 is 31.9 Å². The highest BCUT2D eigenvalue weighted by Gasteiger charge is 2.42. The number of hydrogen-bond donors (Lipinski definition) is 2. The Morgan fingerprint density at radius 1 is 0.725 bits per heavy atom. The number of ketones is 2. The van der Waals surface area contributed by atoms with Crippen molar-refractivity contribution in [1.29, 1.82) is 0 Å². The molecule has 0 spiro atoms. The Morgan fingerprint density at radius 3 is 1.49 bits per heavy atom. The molecule has 2 heterocycles. The molecule has 0 radical (unpaired) electrons. The fourth-order valence-electron chi connectivity index (χ4n) is 6.35. The molecule has 2 saturated carbocycles. The van der Waals surface area contributed by atoms with Gasteiger partial charge in [0.15, 0.2) is 11.6 Å². The summed E-state index contributed by atoms with van der Waals surface area (Å²) >= 11 is 12.5. The third-order valence-electron chi connectivity index (χ3n) is 9.48. The zero-order chi connectivity index (χ0) is 36.8. The van der Waals surface area contributed by atoms with Gasteiger partial charge in [0.2, 0.25) is 0 Å². The van der Waals surface area contributed by atoms with Crippen LogP contribution in [0.5, 0.6) is 0 Å². The number of carbonyl (C=O) groups excluding carboxylic acids is 3. The second-order valence-corrected chi connectivity index (χ2v) is 13.5.